The van der Waals surface area contributed by atoms with Crippen LogP contribution >= 0.6 is 11.8 Å². The van der Waals surface area contributed by atoms with Crippen LogP contribution in [0.4, 0.5) is 0 Å². The average molecular weight is 207 g/mol. The molecule has 0 unspecified atom stereocenters. The third-order valence-electron chi connectivity index (χ3n) is 2.76. The van der Waals surface area contributed by atoms with Crippen molar-refractivity contribution in [2.45, 2.75) is 41.9 Å². The maximum Gasteiger partial charge on any atom is 0.00955 e. The topological polar surface area (TPSA) is 26.0 Å². The second kappa shape index (κ2) is 4.85. The first-order chi connectivity index (χ1) is 6.84. The van der Waals surface area contributed by atoms with Gasteiger partial charge in [-0.05, 0) is 37.8 Å². The molecule has 2 heteroatoms. The summed E-state index contributed by atoms with van der Waals surface area (Å²) in [7, 11) is 0. The van der Waals surface area contributed by atoms with E-state index in [9.17, 15) is 0 Å². The molecule has 0 aliphatic heterocycles. The predicted molar refractivity (Wildman–Crippen MR) is 62.5 cm³/mol. The molecule has 1 aliphatic carbocycles. The second-order valence-electron chi connectivity index (χ2n) is 3.97. The van der Waals surface area contributed by atoms with E-state index >= 15 is 0 Å². The highest BCUT2D eigenvalue weighted by Gasteiger charge is 2.18. The maximum atomic E-state index is 5.88. The van der Waals surface area contributed by atoms with Crippen LogP contribution in [0, 0.1) is 0 Å². The normalized spacial score (nSPS) is 27.5. The highest BCUT2D eigenvalue weighted by molar-refractivity contribution is 8.00. The standard InChI is InChI=1S/C12H17NS/c13-10-6-8-12(9-7-10)14-11-4-2-1-3-5-11/h1-5,10,12H,6-9,13H2. The lowest BCUT2D eigenvalue weighted by molar-refractivity contribution is 0.451. The van der Waals surface area contributed by atoms with Gasteiger partial charge in [0, 0.05) is 16.2 Å². The van der Waals surface area contributed by atoms with Crippen molar-refractivity contribution in [2.75, 3.05) is 0 Å². The molecular formula is C12H17NS. The fourth-order valence-electron chi connectivity index (χ4n) is 1.90. The minimum Gasteiger partial charge on any atom is -0.328 e. The van der Waals surface area contributed by atoms with Crippen molar-refractivity contribution < 1.29 is 0 Å². The number of rotatable bonds is 2. The Bertz CT molecular complexity index is 265. The Balaban J connectivity index is 1.87. The zero-order chi connectivity index (χ0) is 9.80. The van der Waals surface area contributed by atoms with Gasteiger partial charge >= 0.3 is 0 Å². The number of hydrogen-bond acceptors (Lipinski definition) is 2. The third kappa shape index (κ3) is 2.76. The van der Waals surface area contributed by atoms with Crippen molar-refractivity contribution in [3.8, 4) is 0 Å². The number of hydrogen-bond donors (Lipinski definition) is 1. The molecule has 0 radical (unpaired) electrons. The summed E-state index contributed by atoms with van der Waals surface area (Å²) in [5.41, 5.74) is 5.88. The Morgan fingerprint density at radius 2 is 1.64 bits per heavy atom. The van der Waals surface area contributed by atoms with E-state index in [4.69, 9.17) is 5.73 Å². The summed E-state index contributed by atoms with van der Waals surface area (Å²) < 4.78 is 0. The highest BCUT2D eigenvalue weighted by atomic mass is 32.2. The summed E-state index contributed by atoms with van der Waals surface area (Å²) in [6.07, 6.45) is 4.95. The first-order valence-electron chi connectivity index (χ1n) is 5.32. The molecule has 0 bridgehead atoms. The minimum atomic E-state index is 0.461. The molecule has 76 valence electrons. The Hall–Kier alpha value is -0.470. The van der Waals surface area contributed by atoms with Crippen LogP contribution in [0.15, 0.2) is 35.2 Å². The summed E-state index contributed by atoms with van der Waals surface area (Å²) in [6.45, 7) is 0. The zero-order valence-corrected chi connectivity index (χ0v) is 9.17. The largest absolute Gasteiger partial charge is 0.328 e. The molecule has 1 fully saturated rings. The van der Waals surface area contributed by atoms with Crippen LogP contribution in [-0.4, -0.2) is 11.3 Å². The molecule has 1 aromatic rings. The van der Waals surface area contributed by atoms with E-state index in [0.717, 1.165) is 5.25 Å². The summed E-state index contributed by atoms with van der Waals surface area (Å²) in [4.78, 5) is 1.40. The van der Waals surface area contributed by atoms with Crippen LogP contribution < -0.4 is 5.73 Å². The first kappa shape index (κ1) is 10.1. The lowest BCUT2D eigenvalue weighted by Crippen LogP contribution is -2.27. The van der Waals surface area contributed by atoms with Gasteiger partial charge in [-0.2, -0.15) is 0 Å². The molecule has 14 heavy (non-hydrogen) atoms. The summed E-state index contributed by atoms with van der Waals surface area (Å²) in [5.74, 6) is 0. The van der Waals surface area contributed by atoms with E-state index in [0.29, 0.717) is 6.04 Å². The smallest absolute Gasteiger partial charge is 0.00955 e. The quantitative estimate of drug-likeness (QED) is 0.806. The van der Waals surface area contributed by atoms with E-state index in [2.05, 4.69) is 30.3 Å². The number of nitrogens with two attached hydrogens (primary N) is 1. The third-order valence-corrected chi connectivity index (χ3v) is 4.11. The molecule has 0 aromatic heterocycles. The van der Waals surface area contributed by atoms with Gasteiger partial charge in [0.25, 0.3) is 0 Å². The van der Waals surface area contributed by atoms with Crippen LogP contribution in [0.2, 0.25) is 0 Å². The van der Waals surface area contributed by atoms with Gasteiger partial charge in [0.15, 0.2) is 0 Å². The van der Waals surface area contributed by atoms with Crippen LogP contribution in [0.3, 0.4) is 0 Å². The molecule has 2 rings (SSSR count). The van der Waals surface area contributed by atoms with Gasteiger partial charge in [0.1, 0.15) is 0 Å². The molecule has 1 saturated carbocycles. The Labute approximate surface area is 90.1 Å². The maximum absolute atomic E-state index is 5.88. The number of benzene rings is 1. The average Bonchev–Trinajstić information content (AvgIpc) is 2.23. The predicted octanol–water partition coefficient (Wildman–Crippen LogP) is 3.05. The molecule has 0 amide bonds. The van der Waals surface area contributed by atoms with E-state index in [1.165, 1.54) is 30.6 Å². The van der Waals surface area contributed by atoms with Gasteiger partial charge in [-0.3, -0.25) is 0 Å². The van der Waals surface area contributed by atoms with Gasteiger partial charge in [0.05, 0.1) is 0 Å². The van der Waals surface area contributed by atoms with Crippen LogP contribution in [0.5, 0.6) is 0 Å². The Kier molecular flexibility index (Phi) is 3.49. The van der Waals surface area contributed by atoms with Gasteiger partial charge in [-0.15, -0.1) is 11.8 Å². The zero-order valence-electron chi connectivity index (χ0n) is 8.36. The molecular weight excluding hydrogens is 190 g/mol. The van der Waals surface area contributed by atoms with Gasteiger partial charge in [-0.25, -0.2) is 0 Å². The summed E-state index contributed by atoms with van der Waals surface area (Å²) >= 11 is 2.01. The van der Waals surface area contributed by atoms with Crippen molar-refractivity contribution in [3.63, 3.8) is 0 Å². The SMILES string of the molecule is NC1CCC(Sc2ccccc2)CC1. The molecule has 1 aromatic carbocycles. The van der Waals surface area contributed by atoms with E-state index in [-0.39, 0.29) is 0 Å². The van der Waals surface area contributed by atoms with Gasteiger partial charge in [0.2, 0.25) is 0 Å². The Morgan fingerprint density at radius 1 is 1.00 bits per heavy atom. The van der Waals surface area contributed by atoms with Crippen molar-refractivity contribution >= 4 is 11.8 Å². The molecule has 1 nitrogen and oxygen atoms in total. The highest BCUT2D eigenvalue weighted by Crippen LogP contribution is 2.32. The van der Waals surface area contributed by atoms with Crippen LogP contribution in [0.25, 0.3) is 0 Å². The monoisotopic (exact) mass is 207 g/mol. The molecule has 0 saturated heterocycles. The van der Waals surface area contributed by atoms with Gasteiger partial charge in [-0.1, -0.05) is 18.2 Å². The molecule has 1 aliphatic rings. The fraction of sp³-hybridized carbons (Fsp3) is 0.500. The van der Waals surface area contributed by atoms with Crippen molar-refractivity contribution in [2.24, 2.45) is 5.73 Å². The number of thioether (sulfide) groups is 1. The Morgan fingerprint density at radius 3 is 2.29 bits per heavy atom. The van der Waals surface area contributed by atoms with Crippen molar-refractivity contribution in [1.29, 1.82) is 0 Å². The van der Waals surface area contributed by atoms with E-state index in [1.807, 2.05) is 11.8 Å². The lowest BCUT2D eigenvalue weighted by atomic mass is 9.96. The minimum absolute atomic E-state index is 0.461. The van der Waals surface area contributed by atoms with Crippen LogP contribution in [-0.2, 0) is 0 Å². The second-order valence-corrected chi connectivity index (χ2v) is 5.34. The fourth-order valence-corrected chi connectivity index (χ4v) is 3.11. The lowest BCUT2D eigenvalue weighted by Gasteiger charge is -2.25. The molecule has 0 atom stereocenters. The van der Waals surface area contributed by atoms with Crippen molar-refractivity contribution in [3.05, 3.63) is 30.3 Å². The van der Waals surface area contributed by atoms with Crippen molar-refractivity contribution in [1.82, 2.24) is 0 Å². The summed E-state index contributed by atoms with van der Waals surface area (Å²) in [5, 5.41) is 0.789. The molecule has 0 spiro atoms. The van der Waals surface area contributed by atoms with E-state index < -0.39 is 0 Å². The summed E-state index contributed by atoms with van der Waals surface area (Å²) in [6, 6.07) is 11.1. The molecule has 2 N–H and O–H groups in total. The van der Waals surface area contributed by atoms with Crippen LogP contribution in [0.1, 0.15) is 25.7 Å². The van der Waals surface area contributed by atoms with Gasteiger partial charge < -0.3 is 5.73 Å². The molecule has 0 heterocycles. The first-order valence-corrected chi connectivity index (χ1v) is 6.20. The van der Waals surface area contributed by atoms with E-state index in [1.54, 1.807) is 0 Å².